The third-order valence-electron chi connectivity index (χ3n) is 1.68. The summed E-state index contributed by atoms with van der Waals surface area (Å²) in [7, 11) is 1.25. The summed E-state index contributed by atoms with van der Waals surface area (Å²) < 4.78 is 4.53. The minimum Gasteiger partial charge on any atom is -0.465 e. The first-order chi connectivity index (χ1) is 6.60. The van der Waals surface area contributed by atoms with Crippen LogP contribution in [-0.2, 0) is 4.74 Å². The Morgan fingerprint density at radius 3 is 2.86 bits per heavy atom. The second-order valence-electron chi connectivity index (χ2n) is 2.59. The molecule has 0 amide bonds. The topological polar surface area (TPSA) is 63.0 Å². The van der Waals surface area contributed by atoms with E-state index in [-0.39, 0.29) is 16.4 Å². The Balaban J connectivity index is 3.42. The van der Waals surface area contributed by atoms with Crippen LogP contribution < -0.4 is 0 Å². The number of esters is 1. The number of ether oxygens (including phenoxy) is 1. The molecule has 1 aromatic heterocycles. The molecule has 0 radical (unpaired) electrons. The van der Waals surface area contributed by atoms with E-state index in [1.807, 2.05) is 0 Å². The third-order valence-corrected chi connectivity index (χ3v) is 1.87. The van der Waals surface area contributed by atoms with Crippen LogP contribution in [0.3, 0.4) is 0 Å². The van der Waals surface area contributed by atoms with Crippen LogP contribution in [0.25, 0.3) is 0 Å². The zero-order chi connectivity index (χ0) is 10.7. The molecule has 0 unspecified atom stereocenters. The van der Waals surface area contributed by atoms with Gasteiger partial charge in [0.05, 0.1) is 12.7 Å². The molecule has 0 spiro atoms. The first-order valence-electron chi connectivity index (χ1n) is 3.75. The highest BCUT2D eigenvalue weighted by Gasteiger charge is 2.16. The van der Waals surface area contributed by atoms with Crippen molar-refractivity contribution in [2.75, 3.05) is 7.11 Å². The first kappa shape index (κ1) is 10.5. The van der Waals surface area contributed by atoms with E-state index in [1.165, 1.54) is 13.2 Å². The number of methoxy groups -OCH3 is 1. The molecule has 0 aliphatic heterocycles. The predicted octanol–water partition coefficient (Wildman–Crippen LogP) is 1.70. The fourth-order valence-corrected chi connectivity index (χ4v) is 1.32. The fraction of sp³-hybridized carbons (Fsp3) is 0.222. The molecule has 1 heterocycles. The van der Waals surface area contributed by atoms with Crippen LogP contribution in [0.1, 0.15) is 21.6 Å². The zero-order valence-corrected chi connectivity index (χ0v) is 8.42. The quantitative estimate of drug-likeness (QED) is 0.523. The Morgan fingerprint density at radius 1 is 1.71 bits per heavy atom. The predicted molar refractivity (Wildman–Crippen MR) is 50.0 cm³/mol. The van der Waals surface area contributed by atoms with Crippen molar-refractivity contribution in [2.24, 2.45) is 0 Å². The number of aromatic nitrogens is 1. The lowest BCUT2D eigenvalue weighted by Crippen LogP contribution is -2.08. The van der Waals surface area contributed by atoms with Crippen molar-refractivity contribution in [1.29, 1.82) is 5.26 Å². The van der Waals surface area contributed by atoms with Gasteiger partial charge in [-0.15, -0.1) is 0 Å². The van der Waals surface area contributed by atoms with Crippen LogP contribution in [0.2, 0.25) is 5.15 Å². The van der Waals surface area contributed by atoms with Gasteiger partial charge in [-0.2, -0.15) is 5.26 Å². The number of nitriles is 1. The number of nitrogens with zero attached hydrogens (tertiary/aromatic N) is 2. The van der Waals surface area contributed by atoms with Crippen molar-refractivity contribution < 1.29 is 9.53 Å². The first-order valence-corrected chi connectivity index (χ1v) is 4.13. The van der Waals surface area contributed by atoms with Gasteiger partial charge in [0.1, 0.15) is 11.2 Å². The minimum atomic E-state index is -0.580. The molecule has 72 valence electrons. The molecule has 0 saturated heterocycles. The van der Waals surface area contributed by atoms with E-state index in [1.54, 1.807) is 13.0 Å². The highest BCUT2D eigenvalue weighted by Crippen LogP contribution is 2.17. The van der Waals surface area contributed by atoms with Crippen LogP contribution in [0, 0.1) is 18.3 Å². The molecule has 4 nitrogen and oxygen atoms in total. The Morgan fingerprint density at radius 2 is 2.36 bits per heavy atom. The zero-order valence-electron chi connectivity index (χ0n) is 7.67. The van der Waals surface area contributed by atoms with E-state index < -0.39 is 5.97 Å². The van der Waals surface area contributed by atoms with E-state index in [9.17, 15) is 4.79 Å². The number of aryl methyl sites for hydroxylation is 1. The molecule has 0 aliphatic carbocycles. The highest BCUT2D eigenvalue weighted by molar-refractivity contribution is 6.29. The lowest BCUT2D eigenvalue weighted by molar-refractivity contribution is 0.0599. The van der Waals surface area contributed by atoms with Crippen molar-refractivity contribution >= 4 is 17.6 Å². The van der Waals surface area contributed by atoms with Crippen molar-refractivity contribution in [2.45, 2.75) is 6.92 Å². The summed E-state index contributed by atoms with van der Waals surface area (Å²) in [5.74, 6) is -0.580. The molecule has 0 bridgehead atoms. The van der Waals surface area contributed by atoms with Crippen molar-refractivity contribution in [1.82, 2.24) is 4.98 Å². The van der Waals surface area contributed by atoms with Gasteiger partial charge in [-0.25, -0.2) is 9.78 Å². The average molecular weight is 211 g/mol. The summed E-state index contributed by atoms with van der Waals surface area (Å²) in [5.41, 5.74) is 0.731. The van der Waals surface area contributed by atoms with Crippen LogP contribution in [0.4, 0.5) is 0 Å². The van der Waals surface area contributed by atoms with Crippen molar-refractivity contribution in [3.63, 3.8) is 0 Å². The van der Waals surface area contributed by atoms with Crippen LogP contribution in [-0.4, -0.2) is 18.1 Å². The second-order valence-corrected chi connectivity index (χ2v) is 2.98. The minimum absolute atomic E-state index is 0.0122. The molecule has 1 aromatic rings. The van der Waals surface area contributed by atoms with Gasteiger partial charge in [0.25, 0.3) is 0 Å². The van der Waals surface area contributed by atoms with Crippen molar-refractivity contribution in [3.8, 4) is 6.07 Å². The second kappa shape index (κ2) is 4.07. The summed E-state index contributed by atoms with van der Waals surface area (Å²) in [5, 5.41) is 8.92. The average Bonchev–Trinajstić information content (AvgIpc) is 2.15. The number of carbonyl (C=O) groups is 1. The van der Waals surface area contributed by atoms with Gasteiger partial charge in [-0.05, 0) is 18.6 Å². The molecule has 0 aromatic carbocycles. The van der Waals surface area contributed by atoms with Gasteiger partial charge in [-0.3, -0.25) is 0 Å². The monoisotopic (exact) mass is 210 g/mol. The number of rotatable bonds is 1. The molecule has 0 aliphatic rings. The molecule has 5 heteroatoms. The Kier molecular flexibility index (Phi) is 3.05. The standard InChI is InChI=1S/C9H7ClN2O2/c1-5-3-7(10)12-6(4-11)8(5)9(13)14-2/h3H,1-2H3. The van der Waals surface area contributed by atoms with Gasteiger partial charge in [0, 0.05) is 0 Å². The lowest BCUT2D eigenvalue weighted by atomic mass is 10.1. The van der Waals surface area contributed by atoms with E-state index >= 15 is 0 Å². The van der Waals surface area contributed by atoms with E-state index in [0.29, 0.717) is 5.56 Å². The normalized spacial score (nSPS) is 9.29. The van der Waals surface area contributed by atoms with Gasteiger partial charge < -0.3 is 4.74 Å². The van der Waals surface area contributed by atoms with E-state index in [4.69, 9.17) is 16.9 Å². The van der Waals surface area contributed by atoms with Gasteiger partial charge in [-0.1, -0.05) is 11.6 Å². The van der Waals surface area contributed by atoms with Crippen molar-refractivity contribution in [3.05, 3.63) is 28.0 Å². The summed E-state index contributed by atoms with van der Waals surface area (Å²) in [6, 6.07) is 3.30. The molecule has 0 fully saturated rings. The lowest BCUT2D eigenvalue weighted by Gasteiger charge is -2.04. The van der Waals surface area contributed by atoms with Crippen LogP contribution >= 0.6 is 11.6 Å². The van der Waals surface area contributed by atoms with E-state index in [2.05, 4.69) is 9.72 Å². The maximum atomic E-state index is 11.3. The molecular formula is C9H7ClN2O2. The van der Waals surface area contributed by atoms with Gasteiger partial charge in [0.2, 0.25) is 0 Å². The number of halogens is 1. The number of hydrogen-bond acceptors (Lipinski definition) is 4. The fourth-order valence-electron chi connectivity index (χ4n) is 1.07. The largest absolute Gasteiger partial charge is 0.465 e. The summed E-state index contributed by atoms with van der Waals surface area (Å²) in [4.78, 5) is 15.0. The summed E-state index contributed by atoms with van der Waals surface area (Å²) in [6.07, 6.45) is 0. The number of pyridine rings is 1. The number of carbonyl (C=O) groups excluding carboxylic acids is 1. The molecule has 1 rings (SSSR count). The Bertz CT molecular complexity index is 424. The number of hydrogen-bond donors (Lipinski definition) is 0. The Hall–Kier alpha value is -1.60. The maximum Gasteiger partial charge on any atom is 0.341 e. The highest BCUT2D eigenvalue weighted by atomic mass is 35.5. The van der Waals surface area contributed by atoms with Crippen LogP contribution in [0.5, 0.6) is 0 Å². The smallest absolute Gasteiger partial charge is 0.341 e. The molecule has 14 heavy (non-hydrogen) atoms. The molecule has 0 N–H and O–H groups in total. The molecule has 0 atom stereocenters. The Labute approximate surface area is 86.1 Å². The van der Waals surface area contributed by atoms with Gasteiger partial charge in [0.15, 0.2) is 5.69 Å². The van der Waals surface area contributed by atoms with Crippen LogP contribution in [0.15, 0.2) is 6.07 Å². The molecular weight excluding hydrogens is 204 g/mol. The summed E-state index contributed by atoms with van der Waals surface area (Å²) >= 11 is 5.63. The molecule has 0 saturated carbocycles. The maximum absolute atomic E-state index is 11.3. The van der Waals surface area contributed by atoms with Gasteiger partial charge >= 0.3 is 5.97 Å². The SMILES string of the molecule is COC(=O)c1c(C)cc(Cl)nc1C#N. The third kappa shape index (κ3) is 1.83. The summed E-state index contributed by atoms with van der Waals surface area (Å²) in [6.45, 7) is 1.67. The van der Waals surface area contributed by atoms with E-state index in [0.717, 1.165) is 0 Å².